The topological polar surface area (TPSA) is 71.1 Å². The minimum atomic E-state index is -4.76. The molecule has 138 valence electrons. The van der Waals surface area contributed by atoms with Crippen molar-refractivity contribution >= 4 is 11.2 Å². The lowest BCUT2D eigenvalue weighted by Crippen LogP contribution is -2.37. The second kappa shape index (κ2) is 6.04. The van der Waals surface area contributed by atoms with Crippen molar-refractivity contribution in [3.63, 3.8) is 0 Å². The summed E-state index contributed by atoms with van der Waals surface area (Å²) in [5.41, 5.74) is 0.132. The summed E-state index contributed by atoms with van der Waals surface area (Å²) in [7, 11) is 2.88. The number of imidazole rings is 1. The molecule has 0 saturated carbocycles. The van der Waals surface area contributed by atoms with Crippen LogP contribution < -0.4 is 16.0 Å². The van der Waals surface area contributed by atoms with E-state index >= 15 is 0 Å². The number of fused-ring (bicyclic) bond motifs is 1. The quantitative estimate of drug-likeness (QED) is 0.708. The molecule has 0 unspecified atom stereocenters. The second-order valence-corrected chi connectivity index (χ2v) is 5.82. The Bertz CT molecular complexity index is 1080. The molecule has 0 radical (unpaired) electrons. The Hall–Kier alpha value is -3.04. The Morgan fingerprint density at radius 2 is 1.69 bits per heavy atom. The summed E-state index contributed by atoms with van der Waals surface area (Å²) in [4.78, 5) is 28.6. The zero-order valence-corrected chi connectivity index (χ0v) is 14.1. The molecule has 0 N–H and O–H groups in total. The molecular weight excluding hydrogens is 353 g/mol. The lowest BCUT2D eigenvalue weighted by Gasteiger charge is -2.16. The molecule has 0 aliphatic rings. The van der Waals surface area contributed by atoms with Crippen molar-refractivity contribution in [1.82, 2.24) is 18.7 Å². The van der Waals surface area contributed by atoms with Crippen LogP contribution in [0.2, 0.25) is 0 Å². The fourth-order valence-corrected chi connectivity index (χ4v) is 2.77. The van der Waals surface area contributed by atoms with Gasteiger partial charge in [0, 0.05) is 14.1 Å². The Kier molecular flexibility index (Phi) is 4.13. The van der Waals surface area contributed by atoms with Crippen molar-refractivity contribution in [2.75, 3.05) is 0 Å². The molecule has 3 aromatic rings. The van der Waals surface area contributed by atoms with Crippen LogP contribution in [0.25, 0.3) is 11.2 Å². The summed E-state index contributed by atoms with van der Waals surface area (Å²) in [6, 6.07) is 4.96. The fourth-order valence-electron chi connectivity index (χ4n) is 2.77. The number of alkyl halides is 3. The number of hydrogen-bond donors (Lipinski definition) is 0. The van der Waals surface area contributed by atoms with E-state index in [-0.39, 0.29) is 16.9 Å². The van der Waals surface area contributed by atoms with Crippen molar-refractivity contribution in [2.45, 2.75) is 19.3 Å². The normalized spacial score (nSPS) is 13.2. The molecule has 3 rings (SSSR count). The van der Waals surface area contributed by atoms with Crippen LogP contribution in [0.15, 0.2) is 40.2 Å². The molecule has 26 heavy (non-hydrogen) atoms. The first-order valence-corrected chi connectivity index (χ1v) is 7.58. The highest BCUT2D eigenvalue weighted by Crippen LogP contribution is 2.26. The third-order valence-corrected chi connectivity index (χ3v) is 4.19. The molecule has 2 aromatic heterocycles. The zero-order valence-electron chi connectivity index (χ0n) is 14.1. The van der Waals surface area contributed by atoms with E-state index in [2.05, 4.69) is 9.72 Å². The lowest BCUT2D eigenvalue weighted by atomic mass is 10.1. The molecule has 1 atom stereocenters. The number of rotatable bonds is 3. The molecular formula is C16H15F3N4O3. The van der Waals surface area contributed by atoms with E-state index in [0.29, 0.717) is 5.56 Å². The average molecular weight is 368 g/mol. The van der Waals surface area contributed by atoms with Gasteiger partial charge in [-0.1, -0.05) is 12.1 Å². The van der Waals surface area contributed by atoms with E-state index in [0.717, 1.165) is 4.57 Å². The largest absolute Gasteiger partial charge is 0.573 e. The molecule has 0 amide bonds. The van der Waals surface area contributed by atoms with E-state index in [4.69, 9.17) is 0 Å². The van der Waals surface area contributed by atoms with Gasteiger partial charge in [0.15, 0.2) is 11.2 Å². The minimum absolute atomic E-state index is 0.234. The maximum absolute atomic E-state index is 12.5. The summed E-state index contributed by atoms with van der Waals surface area (Å²) in [6.45, 7) is 1.77. The van der Waals surface area contributed by atoms with Crippen LogP contribution in [0.5, 0.6) is 5.75 Å². The summed E-state index contributed by atoms with van der Waals surface area (Å²) < 4.78 is 44.4. The maximum Gasteiger partial charge on any atom is 0.573 e. The lowest BCUT2D eigenvalue weighted by molar-refractivity contribution is -0.274. The van der Waals surface area contributed by atoms with E-state index in [1.165, 1.54) is 49.3 Å². The van der Waals surface area contributed by atoms with Gasteiger partial charge in [0.25, 0.3) is 5.56 Å². The van der Waals surface area contributed by atoms with Gasteiger partial charge in [0.1, 0.15) is 5.75 Å². The number of benzene rings is 1. The van der Waals surface area contributed by atoms with Crippen LogP contribution >= 0.6 is 0 Å². The Morgan fingerprint density at radius 1 is 1.08 bits per heavy atom. The molecule has 2 heterocycles. The molecule has 10 heteroatoms. The predicted octanol–water partition coefficient (Wildman–Crippen LogP) is 1.94. The van der Waals surface area contributed by atoms with Crippen molar-refractivity contribution in [3.05, 3.63) is 57.0 Å². The standard InChI is InChI=1S/C16H15F3N4O3/c1-9(10-4-6-11(7-5-10)26-16(17,18)19)23-8-20-13-12(23)14(24)22(3)15(25)21(13)2/h4-9H,1-3H3/t9-/m0/s1. The summed E-state index contributed by atoms with van der Waals surface area (Å²) >= 11 is 0. The van der Waals surface area contributed by atoms with E-state index in [9.17, 15) is 22.8 Å². The third-order valence-electron chi connectivity index (χ3n) is 4.19. The SMILES string of the molecule is C[C@@H](c1ccc(OC(F)(F)F)cc1)n1cnc2c1c(=O)n(C)c(=O)n2C. The number of aromatic nitrogens is 4. The predicted molar refractivity (Wildman–Crippen MR) is 87.2 cm³/mol. The summed E-state index contributed by atoms with van der Waals surface area (Å²) in [5, 5.41) is 0. The number of halogens is 3. The molecule has 0 spiro atoms. The van der Waals surface area contributed by atoms with Crippen LogP contribution in [0.3, 0.4) is 0 Å². The monoisotopic (exact) mass is 368 g/mol. The number of nitrogens with zero attached hydrogens (tertiary/aromatic N) is 4. The second-order valence-electron chi connectivity index (χ2n) is 5.82. The van der Waals surface area contributed by atoms with E-state index < -0.39 is 23.7 Å². The molecule has 0 saturated heterocycles. The Balaban J connectivity index is 2.05. The Labute approximate surface area is 144 Å². The van der Waals surface area contributed by atoms with Crippen LogP contribution in [-0.2, 0) is 14.1 Å². The van der Waals surface area contributed by atoms with Crippen molar-refractivity contribution < 1.29 is 17.9 Å². The fraction of sp³-hybridized carbons (Fsp3) is 0.312. The van der Waals surface area contributed by atoms with Crippen LogP contribution in [0.4, 0.5) is 13.2 Å². The van der Waals surface area contributed by atoms with E-state index in [1.807, 2.05) is 0 Å². The number of aryl methyl sites for hydroxylation is 1. The molecule has 0 aliphatic heterocycles. The molecule has 0 fully saturated rings. The number of hydrogen-bond acceptors (Lipinski definition) is 4. The van der Waals surface area contributed by atoms with Gasteiger partial charge >= 0.3 is 12.1 Å². The highest BCUT2D eigenvalue weighted by atomic mass is 19.4. The van der Waals surface area contributed by atoms with Crippen LogP contribution in [-0.4, -0.2) is 25.0 Å². The first kappa shape index (κ1) is 17.8. The van der Waals surface area contributed by atoms with Crippen LogP contribution in [0, 0.1) is 0 Å². The number of ether oxygens (including phenoxy) is 1. The first-order valence-electron chi connectivity index (χ1n) is 7.58. The Morgan fingerprint density at radius 3 is 2.27 bits per heavy atom. The van der Waals surface area contributed by atoms with Gasteiger partial charge in [0.2, 0.25) is 0 Å². The van der Waals surface area contributed by atoms with Crippen LogP contribution in [0.1, 0.15) is 18.5 Å². The maximum atomic E-state index is 12.5. The first-order chi connectivity index (χ1) is 12.1. The summed E-state index contributed by atoms with van der Waals surface area (Å²) in [5.74, 6) is -0.331. The van der Waals surface area contributed by atoms with Crippen molar-refractivity contribution in [3.8, 4) is 5.75 Å². The third kappa shape index (κ3) is 2.98. The molecule has 0 aliphatic carbocycles. The van der Waals surface area contributed by atoms with Gasteiger partial charge in [-0.15, -0.1) is 13.2 Å². The van der Waals surface area contributed by atoms with Gasteiger partial charge in [0.05, 0.1) is 12.4 Å². The summed E-state index contributed by atoms with van der Waals surface area (Å²) in [6.07, 6.45) is -3.33. The molecule has 0 bridgehead atoms. The van der Waals surface area contributed by atoms with Crippen molar-refractivity contribution in [2.24, 2.45) is 14.1 Å². The van der Waals surface area contributed by atoms with Gasteiger partial charge < -0.3 is 9.30 Å². The van der Waals surface area contributed by atoms with Gasteiger partial charge in [-0.2, -0.15) is 0 Å². The molecule has 7 nitrogen and oxygen atoms in total. The average Bonchev–Trinajstić information content (AvgIpc) is 3.02. The highest BCUT2D eigenvalue weighted by Gasteiger charge is 2.31. The minimum Gasteiger partial charge on any atom is -0.406 e. The smallest absolute Gasteiger partial charge is 0.406 e. The van der Waals surface area contributed by atoms with Crippen molar-refractivity contribution in [1.29, 1.82) is 0 Å². The molecule has 1 aromatic carbocycles. The van der Waals surface area contributed by atoms with Gasteiger partial charge in [-0.25, -0.2) is 9.78 Å². The zero-order chi connectivity index (χ0) is 19.2. The van der Waals surface area contributed by atoms with Gasteiger partial charge in [-0.3, -0.25) is 13.9 Å². The van der Waals surface area contributed by atoms with Gasteiger partial charge in [-0.05, 0) is 24.6 Å². The van der Waals surface area contributed by atoms with E-state index in [1.54, 1.807) is 11.5 Å². The highest BCUT2D eigenvalue weighted by molar-refractivity contribution is 5.70.